The highest BCUT2D eigenvalue weighted by Gasteiger charge is 2.22. The molecule has 1 unspecified atom stereocenters. The normalized spacial score (nSPS) is 20.4. The van der Waals surface area contributed by atoms with Crippen LogP contribution in [0.15, 0.2) is 16.7 Å². The third kappa shape index (κ3) is 4.64. The Kier molecular flexibility index (Phi) is 6.61. The van der Waals surface area contributed by atoms with Crippen LogP contribution in [0.1, 0.15) is 63.7 Å². The average molecular weight is 278 g/mol. The van der Waals surface area contributed by atoms with Gasteiger partial charge in [0.05, 0.1) is 12.8 Å². The van der Waals surface area contributed by atoms with Gasteiger partial charge < -0.3 is 9.73 Å². The summed E-state index contributed by atoms with van der Waals surface area (Å²) in [5.74, 6) is 1.13. The first-order valence-corrected chi connectivity index (χ1v) is 8.34. The summed E-state index contributed by atoms with van der Waals surface area (Å²) in [7, 11) is 0. The number of rotatable bonds is 8. The number of piperidine rings is 1. The van der Waals surface area contributed by atoms with E-state index in [0.717, 1.165) is 31.4 Å². The maximum atomic E-state index is 5.74. The first-order chi connectivity index (χ1) is 9.83. The van der Waals surface area contributed by atoms with E-state index in [-0.39, 0.29) is 0 Å². The lowest BCUT2D eigenvalue weighted by atomic mass is 9.98. The SMILES string of the molecule is CCCNCc1coc(CN2CCCCC2CCC)c1. The van der Waals surface area contributed by atoms with Crippen molar-refractivity contribution in [1.29, 1.82) is 0 Å². The first kappa shape index (κ1) is 15.6. The Hall–Kier alpha value is -0.800. The van der Waals surface area contributed by atoms with Crippen molar-refractivity contribution >= 4 is 0 Å². The second-order valence-corrected chi connectivity index (χ2v) is 6.01. The molecule has 20 heavy (non-hydrogen) atoms. The van der Waals surface area contributed by atoms with Crippen LogP contribution in [0.5, 0.6) is 0 Å². The number of hydrogen-bond donors (Lipinski definition) is 1. The predicted molar refractivity (Wildman–Crippen MR) is 83.7 cm³/mol. The molecule has 1 aliphatic rings. The number of nitrogens with one attached hydrogen (secondary N) is 1. The lowest BCUT2D eigenvalue weighted by Gasteiger charge is -2.35. The Morgan fingerprint density at radius 1 is 1.30 bits per heavy atom. The van der Waals surface area contributed by atoms with Crippen LogP contribution < -0.4 is 5.32 Å². The van der Waals surface area contributed by atoms with Gasteiger partial charge in [-0.05, 0) is 44.8 Å². The van der Waals surface area contributed by atoms with Gasteiger partial charge in [0.25, 0.3) is 0 Å². The van der Waals surface area contributed by atoms with E-state index in [1.807, 2.05) is 6.26 Å². The summed E-state index contributed by atoms with van der Waals surface area (Å²) < 4.78 is 5.74. The minimum Gasteiger partial charge on any atom is -0.468 e. The van der Waals surface area contributed by atoms with Crippen molar-refractivity contribution in [3.05, 3.63) is 23.7 Å². The lowest BCUT2D eigenvalue weighted by Crippen LogP contribution is -2.38. The van der Waals surface area contributed by atoms with E-state index in [9.17, 15) is 0 Å². The van der Waals surface area contributed by atoms with Crippen LogP contribution in [0.4, 0.5) is 0 Å². The van der Waals surface area contributed by atoms with Crippen molar-refractivity contribution in [3.8, 4) is 0 Å². The Bertz CT molecular complexity index is 373. The van der Waals surface area contributed by atoms with Crippen molar-refractivity contribution in [2.75, 3.05) is 13.1 Å². The van der Waals surface area contributed by atoms with Gasteiger partial charge in [0.15, 0.2) is 0 Å². The van der Waals surface area contributed by atoms with Gasteiger partial charge in [0.2, 0.25) is 0 Å². The van der Waals surface area contributed by atoms with Gasteiger partial charge in [0.1, 0.15) is 5.76 Å². The van der Waals surface area contributed by atoms with Crippen LogP contribution in [0, 0.1) is 0 Å². The van der Waals surface area contributed by atoms with E-state index >= 15 is 0 Å². The van der Waals surface area contributed by atoms with E-state index in [0.29, 0.717) is 0 Å². The topological polar surface area (TPSA) is 28.4 Å². The fraction of sp³-hybridized carbons (Fsp3) is 0.765. The summed E-state index contributed by atoms with van der Waals surface area (Å²) in [5.41, 5.74) is 1.28. The van der Waals surface area contributed by atoms with Gasteiger partial charge in [-0.15, -0.1) is 0 Å². The van der Waals surface area contributed by atoms with Gasteiger partial charge in [-0.3, -0.25) is 4.90 Å². The maximum Gasteiger partial charge on any atom is 0.118 e. The zero-order valence-corrected chi connectivity index (χ0v) is 13.2. The molecule has 1 fully saturated rings. The zero-order chi connectivity index (χ0) is 14.2. The highest BCUT2D eigenvalue weighted by molar-refractivity contribution is 5.12. The van der Waals surface area contributed by atoms with Crippen molar-refractivity contribution < 1.29 is 4.42 Å². The van der Waals surface area contributed by atoms with E-state index in [2.05, 4.69) is 30.1 Å². The molecule has 1 N–H and O–H groups in total. The summed E-state index contributed by atoms with van der Waals surface area (Å²) >= 11 is 0. The summed E-state index contributed by atoms with van der Waals surface area (Å²) in [6.45, 7) is 8.70. The minimum absolute atomic E-state index is 0.764. The van der Waals surface area contributed by atoms with Crippen LogP contribution in [0.2, 0.25) is 0 Å². The fourth-order valence-electron chi connectivity index (χ4n) is 3.14. The third-order valence-electron chi connectivity index (χ3n) is 4.19. The Morgan fingerprint density at radius 3 is 3.00 bits per heavy atom. The second kappa shape index (κ2) is 8.48. The zero-order valence-electron chi connectivity index (χ0n) is 13.2. The fourth-order valence-corrected chi connectivity index (χ4v) is 3.14. The first-order valence-electron chi connectivity index (χ1n) is 8.34. The molecular formula is C17H30N2O. The molecule has 0 aromatic carbocycles. The Labute approximate surface area is 123 Å². The molecule has 0 aliphatic carbocycles. The molecule has 1 aromatic heterocycles. The molecule has 114 valence electrons. The van der Waals surface area contributed by atoms with Crippen LogP contribution in [-0.4, -0.2) is 24.0 Å². The van der Waals surface area contributed by atoms with Crippen LogP contribution in [-0.2, 0) is 13.1 Å². The molecule has 0 spiro atoms. The molecule has 0 radical (unpaired) electrons. The van der Waals surface area contributed by atoms with Gasteiger partial charge in [-0.25, -0.2) is 0 Å². The average Bonchev–Trinajstić information content (AvgIpc) is 2.89. The van der Waals surface area contributed by atoms with E-state index < -0.39 is 0 Å². The highest BCUT2D eigenvalue weighted by atomic mass is 16.3. The molecule has 1 aliphatic heterocycles. The molecule has 0 saturated carbocycles. The third-order valence-corrected chi connectivity index (χ3v) is 4.19. The lowest BCUT2D eigenvalue weighted by molar-refractivity contribution is 0.122. The van der Waals surface area contributed by atoms with Crippen molar-refractivity contribution in [2.45, 2.75) is 71.5 Å². The Morgan fingerprint density at radius 2 is 2.20 bits per heavy atom. The van der Waals surface area contributed by atoms with Gasteiger partial charge in [-0.2, -0.15) is 0 Å². The molecule has 2 rings (SSSR count). The molecule has 3 nitrogen and oxygen atoms in total. The summed E-state index contributed by atoms with van der Waals surface area (Å²) in [4.78, 5) is 2.62. The van der Waals surface area contributed by atoms with Gasteiger partial charge >= 0.3 is 0 Å². The molecule has 0 bridgehead atoms. The van der Waals surface area contributed by atoms with Crippen LogP contribution >= 0.6 is 0 Å². The van der Waals surface area contributed by atoms with Crippen LogP contribution in [0.3, 0.4) is 0 Å². The van der Waals surface area contributed by atoms with Gasteiger partial charge in [0, 0.05) is 18.2 Å². The Balaban J connectivity index is 1.84. The van der Waals surface area contributed by atoms with Gasteiger partial charge in [-0.1, -0.05) is 26.7 Å². The molecule has 1 saturated heterocycles. The molecular weight excluding hydrogens is 248 g/mol. The summed E-state index contributed by atoms with van der Waals surface area (Å²) in [6.07, 6.45) is 9.79. The molecule has 2 heterocycles. The minimum atomic E-state index is 0.764. The van der Waals surface area contributed by atoms with Crippen molar-refractivity contribution in [3.63, 3.8) is 0 Å². The molecule has 1 aromatic rings. The van der Waals surface area contributed by atoms with Crippen LogP contribution in [0.25, 0.3) is 0 Å². The highest BCUT2D eigenvalue weighted by Crippen LogP contribution is 2.23. The number of furan rings is 1. The van der Waals surface area contributed by atoms with E-state index in [4.69, 9.17) is 4.42 Å². The number of likely N-dealkylation sites (tertiary alicyclic amines) is 1. The summed E-state index contributed by atoms with van der Waals surface area (Å²) in [5, 5.41) is 3.42. The molecule has 0 amide bonds. The van der Waals surface area contributed by atoms with E-state index in [1.54, 1.807) is 0 Å². The largest absolute Gasteiger partial charge is 0.468 e. The van der Waals surface area contributed by atoms with Crippen molar-refractivity contribution in [2.24, 2.45) is 0 Å². The second-order valence-electron chi connectivity index (χ2n) is 6.01. The predicted octanol–water partition coefficient (Wildman–Crippen LogP) is 3.93. The molecule has 3 heteroatoms. The monoisotopic (exact) mass is 278 g/mol. The standard InChI is InChI=1S/C17H30N2O/c1-3-7-16-8-5-6-10-19(16)13-17-11-15(14-20-17)12-18-9-4-2/h11,14,16,18H,3-10,12-13H2,1-2H3. The number of hydrogen-bond acceptors (Lipinski definition) is 3. The number of nitrogens with zero attached hydrogens (tertiary/aromatic N) is 1. The van der Waals surface area contributed by atoms with Crippen molar-refractivity contribution in [1.82, 2.24) is 10.2 Å². The smallest absolute Gasteiger partial charge is 0.118 e. The quantitative estimate of drug-likeness (QED) is 0.730. The maximum absolute atomic E-state index is 5.74. The van der Waals surface area contributed by atoms with E-state index in [1.165, 1.54) is 50.6 Å². The summed E-state index contributed by atoms with van der Waals surface area (Å²) in [6, 6.07) is 2.99. The molecule has 1 atom stereocenters.